The summed E-state index contributed by atoms with van der Waals surface area (Å²) in [5.41, 5.74) is 5.31. The van der Waals surface area contributed by atoms with Crippen molar-refractivity contribution in [1.82, 2.24) is 15.0 Å². The van der Waals surface area contributed by atoms with E-state index in [1.165, 1.54) is 0 Å². The SMILES string of the molecule is CC(C)Oc1nc(N)nc(NCC(C)(C)CO)n1. The van der Waals surface area contributed by atoms with Crippen molar-refractivity contribution in [3.8, 4) is 6.01 Å². The Morgan fingerprint density at radius 2 is 2.00 bits per heavy atom. The Kier molecular flexibility index (Phi) is 4.66. The van der Waals surface area contributed by atoms with E-state index in [1.807, 2.05) is 27.7 Å². The lowest BCUT2D eigenvalue weighted by molar-refractivity contribution is 0.170. The zero-order valence-corrected chi connectivity index (χ0v) is 11.3. The molecule has 0 amide bonds. The van der Waals surface area contributed by atoms with E-state index in [2.05, 4.69) is 20.3 Å². The molecule has 0 bridgehead atoms. The van der Waals surface area contributed by atoms with Crippen molar-refractivity contribution in [2.75, 3.05) is 24.2 Å². The van der Waals surface area contributed by atoms with Crippen molar-refractivity contribution in [3.05, 3.63) is 0 Å². The first-order chi connectivity index (χ1) is 8.32. The number of aromatic nitrogens is 3. The summed E-state index contributed by atoms with van der Waals surface area (Å²) in [4.78, 5) is 11.9. The van der Waals surface area contributed by atoms with Gasteiger partial charge in [0.25, 0.3) is 0 Å². The average molecular weight is 255 g/mol. The number of nitrogen functional groups attached to an aromatic ring is 1. The highest BCUT2D eigenvalue weighted by Crippen LogP contribution is 2.15. The molecular formula is C11H21N5O2. The fourth-order valence-electron chi connectivity index (χ4n) is 1.09. The molecule has 4 N–H and O–H groups in total. The molecule has 0 aliphatic rings. The van der Waals surface area contributed by atoms with Crippen LogP contribution in [0, 0.1) is 5.41 Å². The van der Waals surface area contributed by atoms with Crippen molar-refractivity contribution in [2.45, 2.75) is 33.8 Å². The van der Waals surface area contributed by atoms with Crippen molar-refractivity contribution >= 4 is 11.9 Å². The molecule has 0 saturated carbocycles. The monoisotopic (exact) mass is 255 g/mol. The van der Waals surface area contributed by atoms with Gasteiger partial charge in [-0.25, -0.2) is 0 Å². The van der Waals surface area contributed by atoms with Crippen LogP contribution in [0.1, 0.15) is 27.7 Å². The number of nitrogens with zero attached hydrogens (tertiary/aromatic N) is 3. The Balaban J connectivity index is 2.74. The number of aliphatic hydroxyl groups excluding tert-OH is 1. The van der Waals surface area contributed by atoms with E-state index in [-0.39, 0.29) is 30.1 Å². The lowest BCUT2D eigenvalue weighted by Crippen LogP contribution is -2.27. The van der Waals surface area contributed by atoms with Crippen molar-refractivity contribution < 1.29 is 9.84 Å². The maximum absolute atomic E-state index is 9.16. The second-order valence-electron chi connectivity index (χ2n) is 5.14. The van der Waals surface area contributed by atoms with Gasteiger partial charge in [0, 0.05) is 18.6 Å². The van der Waals surface area contributed by atoms with Gasteiger partial charge < -0.3 is 20.9 Å². The molecule has 1 aromatic rings. The second kappa shape index (κ2) is 5.81. The Bertz CT molecular complexity index is 395. The standard InChI is InChI=1S/C11H21N5O2/c1-7(2)18-10-15-8(12)14-9(16-10)13-5-11(3,4)6-17/h7,17H,5-6H2,1-4H3,(H3,12,13,14,15,16). The molecule has 1 aromatic heterocycles. The molecule has 0 aromatic carbocycles. The summed E-state index contributed by atoms with van der Waals surface area (Å²) >= 11 is 0. The predicted octanol–water partition coefficient (Wildman–Crippen LogP) is 0.671. The highest BCUT2D eigenvalue weighted by Gasteiger charge is 2.17. The quantitative estimate of drug-likeness (QED) is 0.686. The average Bonchev–Trinajstić information content (AvgIpc) is 2.25. The minimum absolute atomic E-state index is 0.0338. The van der Waals surface area contributed by atoms with Gasteiger partial charge in [-0.05, 0) is 13.8 Å². The van der Waals surface area contributed by atoms with Crippen molar-refractivity contribution in [2.24, 2.45) is 5.41 Å². The molecule has 0 radical (unpaired) electrons. The van der Waals surface area contributed by atoms with E-state index >= 15 is 0 Å². The lowest BCUT2D eigenvalue weighted by Gasteiger charge is -2.21. The second-order valence-corrected chi connectivity index (χ2v) is 5.14. The molecule has 0 spiro atoms. The summed E-state index contributed by atoms with van der Waals surface area (Å²) in [6.45, 7) is 8.19. The van der Waals surface area contributed by atoms with Crippen LogP contribution in [0.3, 0.4) is 0 Å². The van der Waals surface area contributed by atoms with Gasteiger partial charge in [-0.1, -0.05) is 13.8 Å². The highest BCUT2D eigenvalue weighted by atomic mass is 16.5. The molecule has 0 aliphatic carbocycles. The lowest BCUT2D eigenvalue weighted by atomic mass is 9.95. The van der Waals surface area contributed by atoms with Crippen LogP contribution in [0.15, 0.2) is 0 Å². The van der Waals surface area contributed by atoms with E-state index in [1.54, 1.807) is 0 Å². The van der Waals surface area contributed by atoms with Gasteiger partial charge in [0.1, 0.15) is 0 Å². The van der Waals surface area contributed by atoms with Gasteiger partial charge in [0.2, 0.25) is 11.9 Å². The third-order valence-corrected chi connectivity index (χ3v) is 2.13. The number of hydrogen-bond acceptors (Lipinski definition) is 7. The normalized spacial score (nSPS) is 11.7. The molecule has 0 saturated heterocycles. The van der Waals surface area contributed by atoms with Crippen LogP contribution < -0.4 is 15.8 Å². The van der Waals surface area contributed by atoms with Crippen molar-refractivity contribution in [3.63, 3.8) is 0 Å². The molecule has 1 heterocycles. The molecule has 102 valence electrons. The topological polar surface area (TPSA) is 106 Å². The molecule has 0 unspecified atom stereocenters. The predicted molar refractivity (Wildman–Crippen MR) is 69.4 cm³/mol. The minimum atomic E-state index is -0.263. The van der Waals surface area contributed by atoms with Crippen LogP contribution in [0.25, 0.3) is 0 Å². The van der Waals surface area contributed by atoms with Gasteiger partial charge in [0.15, 0.2) is 0 Å². The maximum atomic E-state index is 9.16. The number of nitrogens with two attached hydrogens (primary N) is 1. The summed E-state index contributed by atoms with van der Waals surface area (Å²) in [7, 11) is 0. The van der Waals surface area contributed by atoms with Crippen molar-refractivity contribution in [1.29, 1.82) is 0 Å². The molecule has 7 nitrogen and oxygen atoms in total. The third-order valence-electron chi connectivity index (χ3n) is 2.13. The molecule has 0 atom stereocenters. The fraction of sp³-hybridized carbons (Fsp3) is 0.727. The molecule has 7 heteroatoms. The van der Waals surface area contributed by atoms with Crippen LogP contribution in [0.5, 0.6) is 6.01 Å². The van der Waals surface area contributed by atoms with Crippen LogP contribution in [0.2, 0.25) is 0 Å². The molecular weight excluding hydrogens is 234 g/mol. The minimum Gasteiger partial charge on any atom is -0.461 e. The van der Waals surface area contributed by atoms with E-state index < -0.39 is 0 Å². The van der Waals surface area contributed by atoms with Gasteiger partial charge >= 0.3 is 6.01 Å². The molecule has 0 fully saturated rings. The Hall–Kier alpha value is -1.63. The highest BCUT2D eigenvalue weighted by molar-refractivity contribution is 5.32. The zero-order valence-electron chi connectivity index (χ0n) is 11.3. The van der Waals surface area contributed by atoms with Gasteiger partial charge in [0.05, 0.1) is 6.10 Å². The number of nitrogens with one attached hydrogen (secondary N) is 1. The summed E-state index contributed by atoms with van der Waals surface area (Å²) in [5.74, 6) is 0.449. The first-order valence-electron chi connectivity index (χ1n) is 5.85. The summed E-state index contributed by atoms with van der Waals surface area (Å²) in [6.07, 6.45) is -0.0338. The van der Waals surface area contributed by atoms with Crippen LogP contribution in [-0.4, -0.2) is 39.3 Å². The molecule has 18 heavy (non-hydrogen) atoms. The van der Waals surface area contributed by atoms with E-state index in [9.17, 15) is 0 Å². The first-order valence-corrected chi connectivity index (χ1v) is 5.85. The summed E-state index contributed by atoms with van der Waals surface area (Å²) in [6, 6.07) is 0.196. The Labute approximate surface area is 107 Å². The Morgan fingerprint density at radius 1 is 1.33 bits per heavy atom. The molecule has 1 rings (SSSR count). The maximum Gasteiger partial charge on any atom is 0.323 e. The van der Waals surface area contributed by atoms with E-state index in [4.69, 9.17) is 15.6 Å². The largest absolute Gasteiger partial charge is 0.461 e. The third kappa shape index (κ3) is 4.70. The Morgan fingerprint density at radius 3 is 2.56 bits per heavy atom. The summed E-state index contributed by atoms with van der Waals surface area (Å²) in [5, 5.41) is 12.2. The van der Waals surface area contributed by atoms with Gasteiger partial charge in [-0.15, -0.1) is 0 Å². The van der Waals surface area contributed by atoms with Gasteiger partial charge in [-0.2, -0.15) is 15.0 Å². The van der Waals surface area contributed by atoms with Crippen LogP contribution in [-0.2, 0) is 0 Å². The number of anilines is 2. The number of rotatable bonds is 6. The van der Waals surface area contributed by atoms with E-state index in [0.29, 0.717) is 12.5 Å². The van der Waals surface area contributed by atoms with Crippen LogP contribution in [0.4, 0.5) is 11.9 Å². The van der Waals surface area contributed by atoms with Gasteiger partial charge in [-0.3, -0.25) is 0 Å². The number of ether oxygens (including phenoxy) is 1. The fourth-order valence-corrected chi connectivity index (χ4v) is 1.09. The summed E-state index contributed by atoms with van der Waals surface area (Å²) < 4.78 is 5.36. The molecule has 0 aliphatic heterocycles. The van der Waals surface area contributed by atoms with E-state index in [0.717, 1.165) is 0 Å². The number of hydrogen-bond donors (Lipinski definition) is 3. The smallest absolute Gasteiger partial charge is 0.323 e. The van der Waals surface area contributed by atoms with Crippen LogP contribution >= 0.6 is 0 Å². The zero-order chi connectivity index (χ0) is 13.8. The number of aliphatic hydroxyl groups is 1. The first kappa shape index (κ1) is 14.4.